The van der Waals surface area contributed by atoms with E-state index in [1.54, 1.807) is 0 Å². The molecular weight excluding hydrogens is 287 g/mol. The molecule has 1 heterocycles. The molecular formula is C10H8F3NO2S2. The third kappa shape index (κ3) is 2.65. The van der Waals surface area contributed by atoms with Crippen molar-refractivity contribution in [3.05, 3.63) is 34.7 Å². The van der Waals surface area contributed by atoms with Crippen LogP contribution >= 0.6 is 11.3 Å². The Kier molecular flexibility index (Phi) is 3.12. The van der Waals surface area contributed by atoms with Crippen LogP contribution in [0.4, 0.5) is 13.2 Å². The standard InChI is InChI=1S/C10H8F3NO2S2/c11-10(12,13)7-2-1-3-8-9(7)6(4-17-8)5-18(14,15)16/h1-4H,5H2,(H2,14,15,16). The molecule has 0 aliphatic rings. The van der Waals surface area contributed by atoms with Crippen molar-refractivity contribution in [2.75, 3.05) is 0 Å². The molecule has 0 atom stereocenters. The van der Waals surface area contributed by atoms with Crippen molar-refractivity contribution in [3.63, 3.8) is 0 Å². The van der Waals surface area contributed by atoms with Crippen LogP contribution in [-0.4, -0.2) is 8.42 Å². The van der Waals surface area contributed by atoms with E-state index in [1.807, 2.05) is 0 Å². The second kappa shape index (κ2) is 4.22. The van der Waals surface area contributed by atoms with Crippen molar-refractivity contribution >= 4 is 31.4 Å². The molecule has 2 N–H and O–H groups in total. The highest BCUT2D eigenvalue weighted by Gasteiger charge is 2.33. The maximum Gasteiger partial charge on any atom is 0.417 e. The zero-order valence-electron chi connectivity index (χ0n) is 8.86. The van der Waals surface area contributed by atoms with Gasteiger partial charge in [0.2, 0.25) is 10.0 Å². The van der Waals surface area contributed by atoms with Gasteiger partial charge in [-0.2, -0.15) is 13.2 Å². The van der Waals surface area contributed by atoms with Crippen LogP contribution in [0.5, 0.6) is 0 Å². The number of primary sulfonamides is 1. The number of hydrogen-bond acceptors (Lipinski definition) is 3. The van der Waals surface area contributed by atoms with Gasteiger partial charge in [-0.1, -0.05) is 6.07 Å². The van der Waals surface area contributed by atoms with Crippen LogP contribution in [-0.2, 0) is 22.0 Å². The lowest BCUT2D eigenvalue weighted by atomic mass is 10.1. The molecule has 0 saturated carbocycles. The molecule has 2 aromatic rings. The molecule has 0 bridgehead atoms. The van der Waals surface area contributed by atoms with Gasteiger partial charge in [0, 0.05) is 10.1 Å². The summed E-state index contributed by atoms with van der Waals surface area (Å²) in [4.78, 5) is 0. The lowest BCUT2D eigenvalue weighted by Crippen LogP contribution is -2.15. The summed E-state index contributed by atoms with van der Waals surface area (Å²) < 4.78 is 60.9. The van der Waals surface area contributed by atoms with Gasteiger partial charge in [-0.05, 0) is 23.1 Å². The number of thiophene rings is 1. The topological polar surface area (TPSA) is 60.2 Å². The second-order valence-electron chi connectivity index (χ2n) is 3.74. The molecule has 0 unspecified atom stereocenters. The van der Waals surface area contributed by atoms with E-state index in [9.17, 15) is 21.6 Å². The lowest BCUT2D eigenvalue weighted by molar-refractivity contribution is -0.136. The number of sulfonamides is 1. The number of fused-ring (bicyclic) bond motifs is 1. The normalized spacial score (nSPS) is 13.1. The summed E-state index contributed by atoms with van der Waals surface area (Å²) in [5, 5.41) is 6.19. The van der Waals surface area contributed by atoms with Crippen molar-refractivity contribution in [1.29, 1.82) is 0 Å². The largest absolute Gasteiger partial charge is 0.417 e. The van der Waals surface area contributed by atoms with Crippen molar-refractivity contribution < 1.29 is 21.6 Å². The predicted molar refractivity (Wildman–Crippen MR) is 63.6 cm³/mol. The molecule has 1 aromatic carbocycles. The minimum atomic E-state index is -4.52. The van der Waals surface area contributed by atoms with E-state index in [0.29, 0.717) is 4.70 Å². The summed E-state index contributed by atoms with van der Waals surface area (Å²) >= 11 is 1.06. The number of alkyl halides is 3. The van der Waals surface area contributed by atoms with Gasteiger partial charge < -0.3 is 0 Å². The molecule has 0 spiro atoms. The van der Waals surface area contributed by atoms with Crippen molar-refractivity contribution in [2.24, 2.45) is 5.14 Å². The predicted octanol–water partition coefficient (Wildman–Crippen LogP) is 2.71. The first-order valence-corrected chi connectivity index (χ1v) is 7.35. The lowest BCUT2D eigenvalue weighted by Gasteiger charge is -2.09. The second-order valence-corrected chi connectivity index (χ2v) is 6.27. The van der Waals surface area contributed by atoms with Gasteiger partial charge >= 0.3 is 6.18 Å². The van der Waals surface area contributed by atoms with E-state index in [2.05, 4.69) is 0 Å². The Morgan fingerprint density at radius 3 is 2.50 bits per heavy atom. The monoisotopic (exact) mass is 295 g/mol. The molecule has 0 amide bonds. The summed E-state index contributed by atoms with van der Waals surface area (Å²) in [6, 6.07) is 3.74. The number of benzene rings is 1. The zero-order chi connectivity index (χ0) is 13.6. The van der Waals surface area contributed by atoms with E-state index in [-0.39, 0.29) is 10.9 Å². The Morgan fingerprint density at radius 1 is 1.28 bits per heavy atom. The Balaban J connectivity index is 2.70. The van der Waals surface area contributed by atoms with Gasteiger partial charge in [0.05, 0.1) is 11.3 Å². The van der Waals surface area contributed by atoms with Gasteiger partial charge in [-0.15, -0.1) is 11.3 Å². The van der Waals surface area contributed by atoms with Gasteiger partial charge in [-0.3, -0.25) is 0 Å². The molecule has 98 valence electrons. The van der Waals surface area contributed by atoms with E-state index < -0.39 is 27.5 Å². The van der Waals surface area contributed by atoms with Crippen molar-refractivity contribution in [3.8, 4) is 0 Å². The van der Waals surface area contributed by atoms with Gasteiger partial charge in [0.25, 0.3) is 0 Å². The van der Waals surface area contributed by atoms with E-state index in [4.69, 9.17) is 5.14 Å². The first-order valence-electron chi connectivity index (χ1n) is 4.75. The molecule has 1 aromatic heterocycles. The molecule has 8 heteroatoms. The van der Waals surface area contributed by atoms with Crippen LogP contribution in [0.25, 0.3) is 10.1 Å². The Labute approximate surface area is 105 Å². The Morgan fingerprint density at radius 2 is 1.94 bits per heavy atom. The van der Waals surface area contributed by atoms with Crippen LogP contribution in [0.1, 0.15) is 11.1 Å². The summed E-state index contributed by atoms with van der Waals surface area (Å²) in [5.74, 6) is -0.597. The van der Waals surface area contributed by atoms with E-state index >= 15 is 0 Å². The Hall–Kier alpha value is -1.12. The molecule has 0 saturated heterocycles. The van der Waals surface area contributed by atoms with Crippen LogP contribution in [0.15, 0.2) is 23.6 Å². The molecule has 3 nitrogen and oxygen atoms in total. The summed E-state index contributed by atoms with van der Waals surface area (Å²) in [7, 11) is -3.86. The third-order valence-corrected chi connectivity index (χ3v) is 4.05. The zero-order valence-corrected chi connectivity index (χ0v) is 10.5. The fourth-order valence-corrected chi connectivity index (χ4v) is 3.47. The van der Waals surface area contributed by atoms with E-state index in [1.165, 1.54) is 17.5 Å². The van der Waals surface area contributed by atoms with Gasteiger partial charge in [-0.25, -0.2) is 13.6 Å². The highest BCUT2D eigenvalue weighted by atomic mass is 32.2. The molecule has 0 aliphatic carbocycles. The summed E-state index contributed by atoms with van der Waals surface area (Å²) in [6.45, 7) is 0. The molecule has 0 fully saturated rings. The fraction of sp³-hybridized carbons (Fsp3) is 0.200. The minimum absolute atomic E-state index is 0.0796. The average molecular weight is 295 g/mol. The van der Waals surface area contributed by atoms with Crippen LogP contribution < -0.4 is 5.14 Å². The van der Waals surface area contributed by atoms with Crippen molar-refractivity contribution in [1.82, 2.24) is 0 Å². The van der Waals surface area contributed by atoms with Gasteiger partial charge in [0.1, 0.15) is 0 Å². The highest BCUT2D eigenvalue weighted by molar-refractivity contribution is 7.88. The van der Waals surface area contributed by atoms with Crippen LogP contribution in [0.2, 0.25) is 0 Å². The molecule has 18 heavy (non-hydrogen) atoms. The molecule has 2 rings (SSSR count). The number of rotatable bonds is 2. The smallest absolute Gasteiger partial charge is 0.228 e. The quantitative estimate of drug-likeness (QED) is 0.926. The Bertz CT molecular complexity index is 689. The van der Waals surface area contributed by atoms with Gasteiger partial charge in [0.15, 0.2) is 0 Å². The first-order chi connectivity index (χ1) is 8.18. The fourth-order valence-electron chi connectivity index (χ4n) is 1.71. The first kappa shape index (κ1) is 13.3. The third-order valence-electron chi connectivity index (χ3n) is 2.34. The van der Waals surface area contributed by atoms with Crippen LogP contribution in [0.3, 0.4) is 0 Å². The summed E-state index contributed by atoms with van der Waals surface area (Å²) in [6.07, 6.45) is -4.52. The highest BCUT2D eigenvalue weighted by Crippen LogP contribution is 2.39. The van der Waals surface area contributed by atoms with Crippen molar-refractivity contribution in [2.45, 2.75) is 11.9 Å². The minimum Gasteiger partial charge on any atom is -0.228 e. The summed E-state index contributed by atoms with van der Waals surface area (Å²) in [5.41, 5.74) is -0.745. The SMILES string of the molecule is NS(=O)(=O)Cc1csc2cccc(C(F)(F)F)c12. The molecule has 0 aliphatic heterocycles. The van der Waals surface area contributed by atoms with Crippen LogP contribution in [0, 0.1) is 0 Å². The number of nitrogens with two attached hydrogens (primary N) is 1. The maximum absolute atomic E-state index is 12.8. The number of halogens is 3. The van der Waals surface area contributed by atoms with E-state index in [0.717, 1.165) is 17.4 Å². The molecule has 0 radical (unpaired) electrons. The number of hydrogen-bond donors (Lipinski definition) is 1. The maximum atomic E-state index is 12.8. The average Bonchev–Trinajstić information content (AvgIpc) is 2.57.